The molecule has 2 saturated carbocycles. The van der Waals surface area contributed by atoms with E-state index in [2.05, 4.69) is 24.3 Å². The van der Waals surface area contributed by atoms with E-state index >= 15 is 0 Å². The van der Waals surface area contributed by atoms with Gasteiger partial charge in [0.2, 0.25) is 0 Å². The standard InChI is InChI=1S/C21H30O3/c1-3-17-5-15(1)7-19(17)9-22-11-21(13-24-14-21)12-23-10-20-8-16-2-4-18(20)6-16/h1-4,15-20H,5-14H2. The highest BCUT2D eigenvalue weighted by Gasteiger charge is 2.42. The van der Waals surface area contributed by atoms with E-state index < -0.39 is 0 Å². The second-order valence-electron chi connectivity index (χ2n) is 9.10. The maximum Gasteiger partial charge on any atom is 0.0637 e. The minimum atomic E-state index is 0.126. The highest BCUT2D eigenvalue weighted by atomic mass is 16.5. The molecule has 3 heteroatoms. The molecule has 0 N–H and O–H groups in total. The molecule has 0 aromatic heterocycles. The summed E-state index contributed by atoms with van der Waals surface area (Å²) in [6, 6.07) is 0. The molecule has 6 atom stereocenters. The zero-order valence-corrected chi connectivity index (χ0v) is 14.6. The van der Waals surface area contributed by atoms with Gasteiger partial charge >= 0.3 is 0 Å². The third-order valence-electron chi connectivity index (χ3n) is 7.13. The van der Waals surface area contributed by atoms with Crippen LogP contribution in [0.2, 0.25) is 0 Å². The second kappa shape index (κ2) is 6.26. The van der Waals surface area contributed by atoms with Crippen molar-refractivity contribution in [2.75, 3.05) is 39.6 Å². The average molecular weight is 330 g/mol. The Hall–Kier alpha value is -0.640. The lowest BCUT2D eigenvalue weighted by Gasteiger charge is -2.41. The summed E-state index contributed by atoms with van der Waals surface area (Å²) in [6.07, 6.45) is 15.0. The Morgan fingerprint density at radius 2 is 1.29 bits per heavy atom. The first kappa shape index (κ1) is 15.6. The van der Waals surface area contributed by atoms with Crippen molar-refractivity contribution in [2.24, 2.45) is 40.9 Å². The molecule has 4 aliphatic carbocycles. The molecule has 6 unspecified atom stereocenters. The Morgan fingerprint density at radius 3 is 1.62 bits per heavy atom. The number of ether oxygens (including phenoxy) is 3. The van der Waals surface area contributed by atoms with Crippen molar-refractivity contribution in [1.29, 1.82) is 0 Å². The summed E-state index contributed by atoms with van der Waals surface area (Å²) in [7, 11) is 0. The van der Waals surface area contributed by atoms with Gasteiger partial charge in [-0.25, -0.2) is 0 Å². The molecular weight excluding hydrogens is 300 g/mol. The largest absolute Gasteiger partial charge is 0.380 e. The summed E-state index contributed by atoms with van der Waals surface area (Å²) in [4.78, 5) is 0. The number of hydrogen-bond acceptors (Lipinski definition) is 3. The van der Waals surface area contributed by atoms with Crippen molar-refractivity contribution in [3.63, 3.8) is 0 Å². The summed E-state index contributed by atoms with van der Waals surface area (Å²) in [5.41, 5.74) is 0.126. The van der Waals surface area contributed by atoms with Crippen molar-refractivity contribution in [3.05, 3.63) is 24.3 Å². The van der Waals surface area contributed by atoms with Crippen LogP contribution in [0.15, 0.2) is 24.3 Å². The van der Waals surface area contributed by atoms with Gasteiger partial charge in [-0.05, 0) is 61.2 Å². The predicted molar refractivity (Wildman–Crippen MR) is 92.6 cm³/mol. The van der Waals surface area contributed by atoms with E-state index in [-0.39, 0.29) is 5.41 Å². The van der Waals surface area contributed by atoms with E-state index in [0.717, 1.165) is 75.1 Å². The first-order valence-corrected chi connectivity index (χ1v) is 9.90. The van der Waals surface area contributed by atoms with Crippen LogP contribution in [0.25, 0.3) is 0 Å². The fraction of sp³-hybridized carbons (Fsp3) is 0.810. The molecule has 0 amide bonds. The molecule has 0 spiro atoms. The first-order valence-electron chi connectivity index (χ1n) is 9.90. The Kier molecular flexibility index (Phi) is 4.07. The minimum absolute atomic E-state index is 0.126. The van der Waals surface area contributed by atoms with Crippen LogP contribution >= 0.6 is 0 Å². The average Bonchev–Trinajstić information content (AvgIpc) is 3.32. The number of rotatable bonds is 8. The molecule has 1 saturated heterocycles. The van der Waals surface area contributed by atoms with Crippen LogP contribution in [-0.2, 0) is 14.2 Å². The van der Waals surface area contributed by atoms with Crippen LogP contribution in [0.3, 0.4) is 0 Å². The monoisotopic (exact) mass is 330 g/mol. The van der Waals surface area contributed by atoms with Crippen LogP contribution in [0.5, 0.6) is 0 Å². The van der Waals surface area contributed by atoms with Gasteiger partial charge in [0.25, 0.3) is 0 Å². The molecule has 3 nitrogen and oxygen atoms in total. The number of fused-ring (bicyclic) bond motifs is 4. The van der Waals surface area contributed by atoms with Gasteiger partial charge in [-0.3, -0.25) is 0 Å². The Balaban J connectivity index is 1.04. The highest BCUT2D eigenvalue weighted by Crippen LogP contribution is 2.44. The number of allylic oxidation sites excluding steroid dienone is 4. The van der Waals surface area contributed by atoms with E-state index in [1.54, 1.807) is 0 Å². The molecule has 132 valence electrons. The zero-order valence-electron chi connectivity index (χ0n) is 14.6. The SMILES string of the molecule is C1=CC2CC1CC2COCC1(COCC2CC3C=CC2C3)COC1. The second-order valence-corrected chi connectivity index (χ2v) is 9.10. The topological polar surface area (TPSA) is 27.7 Å². The quantitative estimate of drug-likeness (QED) is 0.638. The lowest BCUT2D eigenvalue weighted by Crippen LogP contribution is -2.50. The Morgan fingerprint density at radius 1 is 0.750 bits per heavy atom. The molecule has 4 bridgehead atoms. The minimum Gasteiger partial charge on any atom is -0.380 e. The molecule has 0 aromatic carbocycles. The zero-order chi connectivity index (χ0) is 16.0. The normalized spacial score (nSPS) is 43.7. The highest BCUT2D eigenvalue weighted by molar-refractivity contribution is 5.10. The molecule has 3 fully saturated rings. The maximum absolute atomic E-state index is 6.14. The van der Waals surface area contributed by atoms with Gasteiger partial charge in [0.1, 0.15) is 0 Å². The van der Waals surface area contributed by atoms with E-state index in [1.807, 2.05) is 0 Å². The van der Waals surface area contributed by atoms with E-state index in [1.165, 1.54) is 25.7 Å². The van der Waals surface area contributed by atoms with Crippen LogP contribution < -0.4 is 0 Å². The molecule has 0 aromatic rings. The fourth-order valence-electron chi connectivity index (χ4n) is 5.63. The molecule has 1 heterocycles. The lowest BCUT2D eigenvalue weighted by atomic mass is 9.87. The van der Waals surface area contributed by atoms with Crippen molar-refractivity contribution in [3.8, 4) is 0 Å². The van der Waals surface area contributed by atoms with Gasteiger partial charge in [-0.1, -0.05) is 24.3 Å². The summed E-state index contributed by atoms with van der Waals surface area (Å²) in [6.45, 7) is 5.07. The summed E-state index contributed by atoms with van der Waals surface area (Å²) in [5, 5.41) is 0. The van der Waals surface area contributed by atoms with Crippen molar-refractivity contribution >= 4 is 0 Å². The van der Waals surface area contributed by atoms with Gasteiger partial charge in [-0.2, -0.15) is 0 Å². The molecule has 5 rings (SSSR count). The molecular formula is C21H30O3. The molecule has 5 aliphatic rings. The van der Waals surface area contributed by atoms with Crippen molar-refractivity contribution in [2.45, 2.75) is 25.7 Å². The van der Waals surface area contributed by atoms with Crippen LogP contribution in [0, 0.1) is 40.9 Å². The fourth-order valence-corrected chi connectivity index (χ4v) is 5.63. The lowest BCUT2D eigenvalue weighted by molar-refractivity contribution is -0.182. The summed E-state index contributed by atoms with van der Waals surface area (Å²) in [5.74, 6) is 4.74. The van der Waals surface area contributed by atoms with Gasteiger partial charge in [0.15, 0.2) is 0 Å². The van der Waals surface area contributed by atoms with Gasteiger partial charge in [0.05, 0.1) is 31.8 Å². The van der Waals surface area contributed by atoms with Gasteiger partial charge in [-0.15, -0.1) is 0 Å². The predicted octanol–water partition coefficient (Wildman–Crippen LogP) is 3.46. The Bertz CT molecular complexity index is 479. The maximum atomic E-state index is 6.14. The Labute approximate surface area is 145 Å². The first-order chi connectivity index (χ1) is 11.8. The smallest absolute Gasteiger partial charge is 0.0637 e. The van der Waals surface area contributed by atoms with Gasteiger partial charge in [0, 0.05) is 13.2 Å². The van der Waals surface area contributed by atoms with Crippen LogP contribution in [-0.4, -0.2) is 39.6 Å². The summed E-state index contributed by atoms with van der Waals surface area (Å²) < 4.78 is 17.8. The van der Waals surface area contributed by atoms with E-state index in [4.69, 9.17) is 14.2 Å². The van der Waals surface area contributed by atoms with Crippen LogP contribution in [0.1, 0.15) is 25.7 Å². The van der Waals surface area contributed by atoms with Crippen molar-refractivity contribution in [1.82, 2.24) is 0 Å². The molecule has 1 aliphatic heterocycles. The van der Waals surface area contributed by atoms with E-state index in [0.29, 0.717) is 0 Å². The van der Waals surface area contributed by atoms with E-state index in [9.17, 15) is 0 Å². The molecule has 0 radical (unpaired) electrons. The molecule has 24 heavy (non-hydrogen) atoms. The number of hydrogen-bond donors (Lipinski definition) is 0. The third-order valence-corrected chi connectivity index (χ3v) is 7.13. The van der Waals surface area contributed by atoms with Crippen LogP contribution in [0.4, 0.5) is 0 Å². The van der Waals surface area contributed by atoms with Gasteiger partial charge < -0.3 is 14.2 Å². The van der Waals surface area contributed by atoms with Crippen molar-refractivity contribution < 1.29 is 14.2 Å². The third kappa shape index (κ3) is 2.89. The summed E-state index contributed by atoms with van der Waals surface area (Å²) >= 11 is 0.